The summed E-state index contributed by atoms with van der Waals surface area (Å²) in [4.78, 5) is 27.0. The summed E-state index contributed by atoms with van der Waals surface area (Å²) in [5, 5.41) is 3.50. The molecule has 5 heteroatoms. The monoisotopic (exact) mass is 370 g/mol. The maximum absolute atomic E-state index is 12.6. The molecule has 1 aliphatic heterocycles. The molecule has 1 aliphatic rings. The van der Waals surface area contributed by atoms with Crippen LogP contribution in [0.4, 0.5) is 11.4 Å². The molecule has 26 heavy (non-hydrogen) atoms. The minimum absolute atomic E-state index is 0.00236. The zero-order valence-electron chi connectivity index (χ0n) is 15.3. The standard InChI is InChI=1S/C21H23ClN2O2/c1-13(2)18-6-4-5-14(3)20(18)24-12-15(11-19(24)25)21(26)23-17-9-7-16(22)8-10-17/h4-10,13,15H,11-12H2,1-3H3,(H,23,26). The maximum Gasteiger partial charge on any atom is 0.229 e. The van der Waals surface area contributed by atoms with Gasteiger partial charge in [0, 0.05) is 29.4 Å². The number of rotatable bonds is 4. The predicted molar refractivity (Wildman–Crippen MR) is 106 cm³/mol. The van der Waals surface area contributed by atoms with E-state index >= 15 is 0 Å². The third-order valence-corrected chi connectivity index (χ3v) is 5.02. The Kier molecular flexibility index (Phi) is 5.33. The second-order valence-corrected chi connectivity index (χ2v) is 7.51. The third kappa shape index (κ3) is 3.75. The van der Waals surface area contributed by atoms with Crippen molar-refractivity contribution >= 4 is 34.8 Å². The number of anilines is 2. The summed E-state index contributed by atoms with van der Waals surface area (Å²) in [6.07, 6.45) is 0.227. The molecule has 1 N–H and O–H groups in total. The highest BCUT2D eigenvalue weighted by Gasteiger charge is 2.36. The van der Waals surface area contributed by atoms with Gasteiger partial charge < -0.3 is 10.2 Å². The Morgan fingerprint density at radius 3 is 2.54 bits per heavy atom. The number of aryl methyl sites for hydroxylation is 1. The Bertz CT molecular complexity index is 830. The predicted octanol–water partition coefficient (Wildman–Crippen LogP) is 4.76. The van der Waals surface area contributed by atoms with Gasteiger partial charge in [-0.1, -0.05) is 43.6 Å². The lowest BCUT2D eigenvalue weighted by atomic mass is 9.97. The van der Waals surface area contributed by atoms with Crippen molar-refractivity contribution in [3.63, 3.8) is 0 Å². The van der Waals surface area contributed by atoms with Gasteiger partial charge in [0.2, 0.25) is 11.8 Å². The average Bonchev–Trinajstić information content (AvgIpc) is 2.98. The summed E-state index contributed by atoms with van der Waals surface area (Å²) in [6.45, 7) is 6.64. The van der Waals surface area contributed by atoms with Gasteiger partial charge in [0.25, 0.3) is 0 Å². The van der Waals surface area contributed by atoms with E-state index in [0.29, 0.717) is 23.2 Å². The van der Waals surface area contributed by atoms with Crippen LogP contribution in [0.15, 0.2) is 42.5 Å². The number of halogens is 1. The van der Waals surface area contributed by atoms with Crippen LogP contribution in [0.5, 0.6) is 0 Å². The number of hydrogen-bond acceptors (Lipinski definition) is 2. The molecule has 1 saturated heterocycles. The molecule has 0 spiro atoms. The van der Waals surface area contributed by atoms with E-state index in [2.05, 4.69) is 25.2 Å². The summed E-state index contributed by atoms with van der Waals surface area (Å²) in [7, 11) is 0. The van der Waals surface area contributed by atoms with Gasteiger partial charge in [-0.25, -0.2) is 0 Å². The van der Waals surface area contributed by atoms with Crippen molar-refractivity contribution in [2.24, 2.45) is 5.92 Å². The molecule has 2 aromatic rings. The van der Waals surface area contributed by atoms with Crippen molar-refractivity contribution in [1.29, 1.82) is 0 Å². The molecule has 0 aliphatic carbocycles. The molecule has 0 bridgehead atoms. The maximum atomic E-state index is 12.6. The zero-order valence-corrected chi connectivity index (χ0v) is 16.0. The first-order valence-electron chi connectivity index (χ1n) is 8.83. The number of carbonyl (C=O) groups excluding carboxylic acids is 2. The van der Waals surface area contributed by atoms with Gasteiger partial charge in [-0.3, -0.25) is 9.59 Å². The van der Waals surface area contributed by atoms with Gasteiger partial charge in [-0.05, 0) is 48.2 Å². The van der Waals surface area contributed by atoms with Crippen LogP contribution >= 0.6 is 11.6 Å². The van der Waals surface area contributed by atoms with E-state index in [4.69, 9.17) is 11.6 Å². The van der Waals surface area contributed by atoms with Crippen molar-refractivity contribution in [1.82, 2.24) is 0 Å². The van der Waals surface area contributed by atoms with Gasteiger partial charge in [-0.2, -0.15) is 0 Å². The smallest absolute Gasteiger partial charge is 0.229 e. The highest BCUT2D eigenvalue weighted by atomic mass is 35.5. The van der Waals surface area contributed by atoms with Gasteiger partial charge in [0.05, 0.1) is 5.92 Å². The largest absolute Gasteiger partial charge is 0.326 e. The molecule has 1 heterocycles. The number of para-hydroxylation sites is 1. The minimum atomic E-state index is -0.363. The van der Waals surface area contributed by atoms with Crippen molar-refractivity contribution in [3.8, 4) is 0 Å². The van der Waals surface area contributed by atoms with E-state index in [1.165, 1.54) is 0 Å². The first-order chi connectivity index (χ1) is 12.4. The van der Waals surface area contributed by atoms with E-state index in [1.807, 2.05) is 19.1 Å². The Morgan fingerprint density at radius 2 is 1.88 bits per heavy atom. The molecule has 1 atom stereocenters. The first kappa shape index (κ1) is 18.5. The molecular weight excluding hydrogens is 348 g/mol. The summed E-state index contributed by atoms with van der Waals surface area (Å²) < 4.78 is 0. The molecule has 0 saturated carbocycles. The van der Waals surface area contributed by atoms with Crippen LogP contribution in [-0.2, 0) is 9.59 Å². The Morgan fingerprint density at radius 1 is 1.19 bits per heavy atom. The SMILES string of the molecule is Cc1cccc(C(C)C)c1N1CC(C(=O)Nc2ccc(Cl)cc2)CC1=O. The van der Waals surface area contributed by atoms with Gasteiger partial charge in [-0.15, -0.1) is 0 Å². The number of hydrogen-bond donors (Lipinski definition) is 1. The second-order valence-electron chi connectivity index (χ2n) is 7.07. The average molecular weight is 371 g/mol. The van der Waals surface area contributed by atoms with Crippen LogP contribution in [-0.4, -0.2) is 18.4 Å². The molecule has 2 aromatic carbocycles. The topological polar surface area (TPSA) is 49.4 Å². The van der Waals surface area contributed by atoms with Crippen LogP contribution in [0.3, 0.4) is 0 Å². The number of amides is 2. The molecule has 1 unspecified atom stereocenters. The fraction of sp³-hybridized carbons (Fsp3) is 0.333. The van der Waals surface area contributed by atoms with Gasteiger partial charge in [0.15, 0.2) is 0 Å². The van der Waals surface area contributed by atoms with Crippen LogP contribution < -0.4 is 10.2 Å². The van der Waals surface area contributed by atoms with Gasteiger partial charge >= 0.3 is 0 Å². The normalized spacial score (nSPS) is 17.0. The third-order valence-electron chi connectivity index (χ3n) is 4.77. The fourth-order valence-corrected chi connectivity index (χ4v) is 3.52. The molecule has 0 radical (unpaired) electrons. The number of carbonyl (C=O) groups is 2. The Hall–Kier alpha value is -2.33. The summed E-state index contributed by atoms with van der Waals surface area (Å²) in [5.41, 5.74) is 3.83. The lowest BCUT2D eigenvalue weighted by molar-refractivity contribution is -0.122. The van der Waals surface area contributed by atoms with Crippen LogP contribution in [0, 0.1) is 12.8 Å². The lowest BCUT2D eigenvalue weighted by Gasteiger charge is -2.24. The molecule has 4 nitrogen and oxygen atoms in total. The van der Waals surface area contributed by atoms with Crippen molar-refractivity contribution < 1.29 is 9.59 Å². The van der Waals surface area contributed by atoms with Crippen LogP contribution in [0.25, 0.3) is 0 Å². The first-order valence-corrected chi connectivity index (χ1v) is 9.21. The van der Waals surface area contributed by atoms with E-state index < -0.39 is 0 Å². The number of nitrogens with zero attached hydrogens (tertiary/aromatic N) is 1. The molecule has 1 fully saturated rings. The Balaban J connectivity index is 1.79. The summed E-state index contributed by atoms with van der Waals surface area (Å²) >= 11 is 5.87. The molecule has 136 valence electrons. The van der Waals surface area contributed by atoms with Crippen LogP contribution in [0.2, 0.25) is 5.02 Å². The van der Waals surface area contributed by atoms with E-state index in [-0.39, 0.29) is 24.2 Å². The summed E-state index contributed by atoms with van der Waals surface area (Å²) in [6, 6.07) is 13.0. The molecule has 3 rings (SSSR count). The van der Waals surface area contributed by atoms with Crippen LogP contribution in [0.1, 0.15) is 37.3 Å². The highest BCUT2D eigenvalue weighted by Crippen LogP contribution is 2.35. The number of benzene rings is 2. The minimum Gasteiger partial charge on any atom is -0.326 e. The van der Waals surface area contributed by atoms with E-state index in [1.54, 1.807) is 29.2 Å². The Labute approximate surface area is 159 Å². The van der Waals surface area contributed by atoms with Crippen molar-refractivity contribution in [2.75, 3.05) is 16.8 Å². The molecular formula is C21H23ClN2O2. The van der Waals surface area contributed by atoms with E-state index in [9.17, 15) is 9.59 Å². The van der Waals surface area contributed by atoms with Crippen molar-refractivity contribution in [3.05, 3.63) is 58.6 Å². The molecule has 0 aromatic heterocycles. The fourth-order valence-electron chi connectivity index (χ4n) is 3.39. The highest BCUT2D eigenvalue weighted by molar-refractivity contribution is 6.30. The van der Waals surface area contributed by atoms with Gasteiger partial charge in [0.1, 0.15) is 0 Å². The zero-order chi connectivity index (χ0) is 18.8. The molecule has 2 amide bonds. The summed E-state index contributed by atoms with van der Waals surface area (Å²) in [5.74, 6) is -0.197. The quantitative estimate of drug-likeness (QED) is 0.843. The lowest BCUT2D eigenvalue weighted by Crippen LogP contribution is -2.29. The number of nitrogens with one attached hydrogen (secondary N) is 1. The second kappa shape index (κ2) is 7.50. The van der Waals surface area contributed by atoms with Crippen molar-refractivity contribution in [2.45, 2.75) is 33.1 Å². The van der Waals surface area contributed by atoms with E-state index in [0.717, 1.165) is 16.8 Å².